The van der Waals surface area contributed by atoms with E-state index in [9.17, 15) is 14.0 Å². The second-order valence-corrected chi connectivity index (χ2v) is 9.42. The van der Waals surface area contributed by atoms with Crippen molar-refractivity contribution < 1.29 is 14.0 Å². The van der Waals surface area contributed by atoms with Gasteiger partial charge in [-0.3, -0.25) is 14.5 Å². The van der Waals surface area contributed by atoms with Gasteiger partial charge in [-0.2, -0.15) is 0 Å². The lowest BCUT2D eigenvalue weighted by molar-refractivity contribution is -0.125. The van der Waals surface area contributed by atoms with Crippen molar-refractivity contribution in [2.24, 2.45) is 5.92 Å². The number of hydrogen-bond acceptors (Lipinski definition) is 3. The molecule has 0 saturated carbocycles. The first kappa shape index (κ1) is 20.8. The smallest absolute Gasteiger partial charge is 0.251 e. The standard InChI is InChI=1S/C22H32FN3O2/c1-14-7-16(11-17(23)8-14)21(28)24-12-15-9-18-5-6-19(10-15)26(18)13-20(27)25-22(2,3)4/h7-8,11,15,18-19H,5-6,9-10,12-13H2,1-4H3,(H,24,28)(H,25,27)/t15?,18-,19+. The first-order valence-corrected chi connectivity index (χ1v) is 10.2. The molecule has 28 heavy (non-hydrogen) atoms. The molecule has 2 amide bonds. The van der Waals surface area contributed by atoms with Crippen LogP contribution in [0, 0.1) is 18.7 Å². The number of halogens is 1. The molecule has 2 aliphatic heterocycles. The van der Waals surface area contributed by atoms with E-state index in [4.69, 9.17) is 0 Å². The fourth-order valence-corrected chi connectivity index (χ4v) is 4.64. The van der Waals surface area contributed by atoms with Gasteiger partial charge in [0.2, 0.25) is 5.91 Å². The molecule has 2 N–H and O–H groups in total. The first-order valence-electron chi connectivity index (χ1n) is 10.2. The third-order valence-corrected chi connectivity index (χ3v) is 5.68. The Kier molecular flexibility index (Phi) is 6.08. The van der Waals surface area contributed by atoms with Crippen LogP contribution in [0.25, 0.3) is 0 Å². The zero-order valence-corrected chi connectivity index (χ0v) is 17.3. The van der Waals surface area contributed by atoms with Crippen molar-refractivity contribution in [3.05, 3.63) is 35.1 Å². The van der Waals surface area contributed by atoms with Crippen molar-refractivity contribution in [2.45, 2.75) is 71.0 Å². The minimum absolute atomic E-state index is 0.0811. The number of aryl methyl sites for hydroxylation is 1. The van der Waals surface area contributed by atoms with Gasteiger partial charge < -0.3 is 10.6 Å². The second-order valence-electron chi connectivity index (χ2n) is 9.42. The zero-order chi connectivity index (χ0) is 20.5. The maximum absolute atomic E-state index is 13.5. The molecule has 0 spiro atoms. The molecule has 154 valence electrons. The van der Waals surface area contributed by atoms with Gasteiger partial charge in [-0.1, -0.05) is 0 Å². The monoisotopic (exact) mass is 389 g/mol. The van der Waals surface area contributed by atoms with Gasteiger partial charge in [0.1, 0.15) is 5.82 Å². The molecule has 0 radical (unpaired) electrons. The van der Waals surface area contributed by atoms with E-state index < -0.39 is 0 Å². The number of fused-ring (bicyclic) bond motifs is 2. The number of benzene rings is 1. The Balaban J connectivity index is 1.51. The van der Waals surface area contributed by atoms with Crippen LogP contribution in [0.2, 0.25) is 0 Å². The molecule has 2 aliphatic rings. The topological polar surface area (TPSA) is 61.4 Å². The van der Waals surface area contributed by atoms with Crippen LogP contribution in [0.4, 0.5) is 4.39 Å². The highest BCUT2D eigenvalue weighted by Gasteiger charge is 2.41. The van der Waals surface area contributed by atoms with Crippen LogP contribution in [-0.2, 0) is 4.79 Å². The van der Waals surface area contributed by atoms with Gasteiger partial charge in [0, 0.05) is 29.7 Å². The summed E-state index contributed by atoms with van der Waals surface area (Å²) in [5, 5.41) is 6.02. The van der Waals surface area contributed by atoms with Crippen LogP contribution in [-0.4, -0.2) is 47.4 Å². The predicted octanol–water partition coefficient (Wildman–Crippen LogP) is 3.02. The van der Waals surface area contributed by atoms with Crippen molar-refractivity contribution in [3.63, 3.8) is 0 Å². The molecule has 2 heterocycles. The highest BCUT2D eigenvalue weighted by Crippen LogP contribution is 2.38. The summed E-state index contributed by atoms with van der Waals surface area (Å²) in [4.78, 5) is 27.0. The Morgan fingerprint density at radius 1 is 1.14 bits per heavy atom. The minimum Gasteiger partial charge on any atom is -0.352 e. The third-order valence-electron chi connectivity index (χ3n) is 5.68. The molecule has 1 aromatic carbocycles. The van der Waals surface area contributed by atoms with Crippen LogP contribution < -0.4 is 10.6 Å². The Morgan fingerprint density at radius 2 is 1.79 bits per heavy atom. The summed E-state index contributed by atoms with van der Waals surface area (Å²) in [5.74, 6) is -0.123. The Morgan fingerprint density at radius 3 is 2.36 bits per heavy atom. The normalized spacial score (nSPS) is 24.8. The second kappa shape index (κ2) is 8.19. The van der Waals surface area contributed by atoms with Gasteiger partial charge in [0.05, 0.1) is 6.54 Å². The van der Waals surface area contributed by atoms with Crippen LogP contribution in [0.3, 0.4) is 0 Å². The lowest BCUT2D eigenvalue weighted by Crippen LogP contribution is -2.52. The van der Waals surface area contributed by atoms with Gasteiger partial charge in [0.25, 0.3) is 5.91 Å². The molecule has 1 aromatic rings. The Labute approximate surface area is 167 Å². The van der Waals surface area contributed by atoms with Gasteiger partial charge in [-0.25, -0.2) is 4.39 Å². The average molecular weight is 390 g/mol. The highest BCUT2D eigenvalue weighted by molar-refractivity contribution is 5.94. The van der Waals surface area contributed by atoms with Crippen molar-refractivity contribution >= 4 is 11.8 Å². The molecule has 0 aliphatic carbocycles. The number of carbonyl (C=O) groups is 2. The van der Waals surface area contributed by atoms with Gasteiger partial charge in [0.15, 0.2) is 0 Å². The summed E-state index contributed by atoms with van der Waals surface area (Å²) in [6.07, 6.45) is 4.20. The summed E-state index contributed by atoms with van der Waals surface area (Å²) < 4.78 is 13.5. The summed E-state index contributed by atoms with van der Waals surface area (Å²) in [6, 6.07) is 5.21. The number of carbonyl (C=O) groups excluding carboxylic acids is 2. The van der Waals surface area contributed by atoms with E-state index in [0.29, 0.717) is 36.7 Å². The predicted molar refractivity (Wildman–Crippen MR) is 108 cm³/mol. The average Bonchev–Trinajstić information content (AvgIpc) is 2.79. The molecule has 1 unspecified atom stereocenters. The summed E-state index contributed by atoms with van der Waals surface area (Å²) in [7, 11) is 0. The van der Waals surface area contributed by atoms with E-state index >= 15 is 0 Å². The highest BCUT2D eigenvalue weighted by atomic mass is 19.1. The van der Waals surface area contributed by atoms with Gasteiger partial charge in [-0.05, 0) is 83.1 Å². The number of nitrogens with one attached hydrogen (secondary N) is 2. The molecule has 6 heteroatoms. The molecule has 3 rings (SSSR count). The molecular formula is C22H32FN3O2. The minimum atomic E-state index is -0.384. The van der Waals surface area contributed by atoms with Crippen LogP contribution >= 0.6 is 0 Å². The van der Waals surface area contributed by atoms with Crippen LogP contribution in [0.15, 0.2) is 18.2 Å². The number of nitrogens with zero attached hydrogens (tertiary/aromatic N) is 1. The Bertz CT molecular complexity index is 710. The Hall–Kier alpha value is -1.95. The molecule has 5 nitrogen and oxygen atoms in total. The fourth-order valence-electron chi connectivity index (χ4n) is 4.64. The van der Waals surface area contributed by atoms with Crippen molar-refractivity contribution in [2.75, 3.05) is 13.1 Å². The zero-order valence-electron chi connectivity index (χ0n) is 17.3. The largest absolute Gasteiger partial charge is 0.352 e. The quantitative estimate of drug-likeness (QED) is 0.814. The first-order chi connectivity index (χ1) is 13.1. The van der Waals surface area contributed by atoms with E-state index in [1.165, 1.54) is 12.1 Å². The molecular weight excluding hydrogens is 357 g/mol. The van der Waals surface area contributed by atoms with Crippen LogP contribution in [0.1, 0.15) is 62.4 Å². The maximum Gasteiger partial charge on any atom is 0.251 e. The lowest BCUT2D eigenvalue weighted by Gasteiger charge is -2.39. The van der Waals surface area contributed by atoms with Gasteiger partial charge >= 0.3 is 0 Å². The van der Waals surface area contributed by atoms with Crippen molar-refractivity contribution in [1.29, 1.82) is 0 Å². The molecule has 2 bridgehead atoms. The maximum atomic E-state index is 13.5. The van der Waals surface area contributed by atoms with Gasteiger partial charge in [-0.15, -0.1) is 0 Å². The van der Waals surface area contributed by atoms with E-state index in [1.54, 1.807) is 13.0 Å². The number of rotatable bonds is 5. The van der Waals surface area contributed by atoms with Crippen molar-refractivity contribution in [1.82, 2.24) is 15.5 Å². The fraction of sp³-hybridized carbons (Fsp3) is 0.636. The van der Waals surface area contributed by atoms with Crippen LogP contribution in [0.5, 0.6) is 0 Å². The summed E-state index contributed by atoms with van der Waals surface area (Å²) in [5.41, 5.74) is 0.898. The van der Waals surface area contributed by atoms with E-state index in [2.05, 4.69) is 15.5 Å². The molecule has 0 aromatic heterocycles. The summed E-state index contributed by atoms with van der Waals surface area (Å²) in [6.45, 7) is 8.82. The number of amides is 2. The molecule has 3 atom stereocenters. The lowest BCUT2D eigenvalue weighted by atomic mass is 9.90. The summed E-state index contributed by atoms with van der Waals surface area (Å²) >= 11 is 0. The SMILES string of the molecule is Cc1cc(F)cc(C(=O)NCC2C[C@H]3CC[C@@H](C2)N3CC(=O)NC(C)(C)C)c1. The third kappa shape index (κ3) is 5.31. The molecule has 2 saturated heterocycles. The van der Waals surface area contributed by atoms with E-state index in [-0.39, 0.29) is 23.2 Å². The van der Waals surface area contributed by atoms with Crippen molar-refractivity contribution in [3.8, 4) is 0 Å². The number of hydrogen-bond donors (Lipinski definition) is 2. The number of piperidine rings is 1. The van der Waals surface area contributed by atoms with E-state index in [0.717, 1.165) is 31.2 Å². The van der Waals surface area contributed by atoms with E-state index in [1.807, 2.05) is 20.8 Å². The molecule has 2 fully saturated rings.